The van der Waals surface area contributed by atoms with Crippen LogP contribution in [0.1, 0.15) is 11.1 Å². The van der Waals surface area contributed by atoms with Crippen LogP contribution in [0.3, 0.4) is 0 Å². The second kappa shape index (κ2) is 5.11. The first-order valence-corrected chi connectivity index (χ1v) is 6.21. The molecular formula is C14H9BrFN. The zero-order valence-corrected chi connectivity index (χ0v) is 10.5. The van der Waals surface area contributed by atoms with Gasteiger partial charge in [-0.05, 0) is 28.8 Å². The Morgan fingerprint density at radius 1 is 1.12 bits per heavy atom. The van der Waals surface area contributed by atoms with E-state index in [-0.39, 0.29) is 5.82 Å². The number of hydrogen-bond donors (Lipinski definition) is 0. The number of benzene rings is 2. The monoisotopic (exact) mass is 289 g/mol. The summed E-state index contributed by atoms with van der Waals surface area (Å²) in [5, 5.41) is 9.77. The first-order valence-electron chi connectivity index (χ1n) is 5.09. The highest BCUT2D eigenvalue weighted by molar-refractivity contribution is 9.08. The Balaban J connectivity index is 2.49. The summed E-state index contributed by atoms with van der Waals surface area (Å²) in [6.45, 7) is 0. The van der Waals surface area contributed by atoms with Crippen molar-refractivity contribution in [3.05, 3.63) is 59.4 Å². The molecule has 0 atom stereocenters. The van der Waals surface area contributed by atoms with E-state index in [9.17, 15) is 4.39 Å². The van der Waals surface area contributed by atoms with Crippen molar-refractivity contribution >= 4 is 15.9 Å². The molecule has 0 aliphatic carbocycles. The molecule has 2 rings (SSSR count). The molecule has 0 radical (unpaired) electrons. The minimum absolute atomic E-state index is 0.358. The van der Waals surface area contributed by atoms with Gasteiger partial charge in [0.05, 0.1) is 11.6 Å². The SMILES string of the molecule is N#Cc1cc(F)ccc1-c1ccc(CBr)cc1. The van der Waals surface area contributed by atoms with Crippen molar-refractivity contribution in [3.63, 3.8) is 0 Å². The Kier molecular flexibility index (Phi) is 3.55. The maximum Gasteiger partial charge on any atom is 0.124 e. The summed E-state index contributed by atoms with van der Waals surface area (Å²) in [6.07, 6.45) is 0. The number of alkyl halides is 1. The van der Waals surface area contributed by atoms with Crippen LogP contribution in [0.15, 0.2) is 42.5 Å². The predicted molar refractivity (Wildman–Crippen MR) is 69.2 cm³/mol. The van der Waals surface area contributed by atoms with Crippen molar-refractivity contribution in [3.8, 4) is 17.2 Å². The fourth-order valence-corrected chi connectivity index (χ4v) is 2.01. The molecule has 17 heavy (non-hydrogen) atoms. The molecule has 0 saturated carbocycles. The van der Waals surface area contributed by atoms with Gasteiger partial charge in [0.25, 0.3) is 0 Å². The van der Waals surface area contributed by atoms with Crippen LogP contribution in [0, 0.1) is 17.1 Å². The Labute approximate surface area is 108 Å². The largest absolute Gasteiger partial charge is 0.207 e. The average molecular weight is 290 g/mol. The number of hydrogen-bond acceptors (Lipinski definition) is 1. The fourth-order valence-electron chi connectivity index (χ4n) is 1.63. The fraction of sp³-hybridized carbons (Fsp3) is 0.0714. The first-order chi connectivity index (χ1) is 8.24. The van der Waals surface area contributed by atoms with Crippen molar-refractivity contribution in [2.45, 2.75) is 5.33 Å². The molecule has 0 aliphatic rings. The Morgan fingerprint density at radius 2 is 1.82 bits per heavy atom. The predicted octanol–water partition coefficient (Wildman–Crippen LogP) is 4.26. The molecule has 0 bridgehead atoms. The standard InChI is InChI=1S/C14H9BrFN/c15-8-10-1-3-11(4-2-10)14-6-5-13(16)7-12(14)9-17/h1-7H,8H2. The highest BCUT2D eigenvalue weighted by atomic mass is 79.9. The van der Waals surface area contributed by atoms with Gasteiger partial charge in [-0.3, -0.25) is 0 Å². The van der Waals surface area contributed by atoms with Crippen molar-refractivity contribution in [1.29, 1.82) is 5.26 Å². The molecule has 0 heterocycles. The van der Waals surface area contributed by atoms with Crippen molar-refractivity contribution in [2.24, 2.45) is 0 Å². The number of nitrogens with zero attached hydrogens (tertiary/aromatic N) is 1. The van der Waals surface area contributed by atoms with Crippen LogP contribution in [0.4, 0.5) is 4.39 Å². The van der Waals surface area contributed by atoms with Crippen molar-refractivity contribution < 1.29 is 4.39 Å². The van der Waals surface area contributed by atoms with Crippen LogP contribution in [-0.4, -0.2) is 0 Å². The molecule has 0 N–H and O–H groups in total. The van der Waals surface area contributed by atoms with Gasteiger partial charge in [0, 0.05) is 5.33 Å². The van der Waals surface area contributed by atoms with Gasteiger partial charge in [-0.15, -0.1) is 0 Å². The molecule has 84 valence electrons. The van der Waals surface area contributed by atoms with Gasteiger partial charge >= 0.3 is 0 Å². The smallest absolute Gasteiger partial charge is 0.124 e. The van der Waals surface area contributed by atoms with Gasteiger partial charge in [0.2, 0.25) is 0 Å². The molecule has 0 spiro atoms. The molecule has 3 heteroatoms. The van der Waals surface area contributed by atoms with Crippen LogP contribution in [0.25, 0.3) is 11.1 Å². The molecule has 2 aromatic carbocycles. The lowest BCUT2D eigenvalue weighted by molar-refractivity contribution is 0.627. The first kappa shape index (κ1) is 11.8. The summed E-state index contributed by atoms with van der Waals surface area (Å²) in [5.74, 6) is -0.387. The van der Waals surface area contributed by atoms with E-state index in [0.29, 0.717) is 5.56 Å². The summed E-state index contributed by atoms with van der Waals surface area (Å²) >= 11 is 3.37. The van der Waals surface area contributed by atoms with Crippen LogP contribution < -0.4 is 0 Å². The normalized spacial score (nSPS) is 9.94. The number of nitriles is 1. The van der Waals surface area contributed by atoms with Crippen LogP contribution in [0.5, 0.6) is 0 Å². The second-order valence-electron chi connectivity index (χ2n) is 3.63. The van der Waals surface area contributed by atoms with Gasteiger partial charge in [-0.25, -0.2) is 4.39 Å². The zero-order valence-electron chi connectivity index (χ0n) is 8.95. The van der Waals surface area contributed by atoms with E-state index < -0.39 is 0 Å². The van der Waals surface area contributed by atoms with E-state index >= 15 is 0 Å². The number of rotatable bonds is 2. The second-order valence-corrected chi connectivity index (χ2v) is 4.19. The molecular weight excluding hydrogens is 281 g/mol. The quantitative estimate of drug-likeness (QED) is 0.758. The van der Waals surface area contributed by atoms with Gasteiger partial charge in [-0.1, -0.05) is 46.3 Å². The Bertz CT molecular complexity index is 570. The highest BCUT2D eigenvalue weighted by Gasteiger charge is 2.05. The molecule has 0 unspecified atom stereocenters. The molecule has 0 saturated heterocycles. The highest BCUT2D eigenvalue weighted by Crippen LogP contribution is 2.24. The van der Waals surface area contributed by atoms with Gasteiger partial charge in [-0.2, -0.15) is 5.26 Å². The number of halogens is 2. The van der Waals surface area contributed by atoms with Crippen LogP contribution in [-0.2, 0) is 5.33 Å². The molecule has 0 aliphatic heterocycles. The van der Waals surface area contributed by atoms with Crippen LogP contribution in [0.2, 0.25) is 0 Å². The zero-order chi connectivity index (χ0) is 12.3. The van der Waals surface area contributed by atoms with Crippen molar-refractivity contribution in [1.82, 2.24) is 0 Å². The minimum Gasteiger partial charge on any atom is -0.207 e. The summed E-state index contributed by atoms with van der Waals surface area (Å²) in [7, 11) is 0. The third-order valence-electron chi connectivity index (χ3n) is 2.52. The van der Waals surface area contributed by atoms with Gasteiger partial charge < -0.3 is 0 Å². The maximum atomic E-state index is 13.0. The van der Waals surface area contributed by atoms with E-state index in [4.69, 9.17) is 5.26 Å². The van der Waals surface area contributed by atoms with Crippen LogP contribution >= 0.6 is 15.9 Å². The van der Waals surface area contributed by atoms with Gasteiger partial charge in [0.1, 0.15) is 5.82 Å². The molecule has 2 aromatic rings. The Hall–Kier alpha value is -1.66. The summed E-state index contributed by atoms with van der Waals surface area (Å²) < 4.78 is 13.0. The van der Waals surface area contributed by atoms with E-state index in [1.54, 1.807) is 6.07 Å². The molecule has 0 fully saturated rings. The van der Waals surface area contributed by atoms with E-state index in [0.717, 1.165) is 22.0 Å². The lowest BCUT2D eigenvalue weighted by atomic mass is 9.99. The van der Waals surface area contributed by atoms with Crippen molar-refractivity contribution in [2.75, 3.05) is 0 Å². The van der Waals surface area contributed by atoms with E-state index in [1.165, 1.54) is 12.1 Å². The Morgan fingerprint density at radius 3 is 2.41 bits per heavy atom. The average Bonchev–Trinajstić information content (AvgIpc) is 2.39. The molecule has 0 aromatic heterocycles. The summed E-state index contributed by atoms with van der Waals surface area (Å²) in [4.78, 5) is 0. The third-order valence-corrected chi connectivity index (χ3v) is 3.17. The lowest BCUT2D eigenvalue weighted by Gasteiger charge is -2.05. The van der Waals surface area contributed by atoms with E-state index in [1.807, 2.05) is 30.3 Å². The summed E-state index contributed by atoms with van der Waals surface area (Å²) in [5.41, 5.74) is 3.20. The third kappa shape index (κ3) is 2.54. The maximum absolute atomic E-state index is 13.0. The molecule has 0 amide bonds. The molecule has 1 nitrogen and oxygen atoms in total. The minimum atomic E-state index is -0.387. The van der Waals surface area contributed by atoms with Gasteiger partial charge in [0.15, 0.2) is 0 Å². The topological polar surface area (TPSA) is 23.8 Å². The lowest BCUT2D eigenvalue weighted by Crippen LogP contribution is -1.87. The van der Waals surface area contributed by atoms with E-state index in [2.05, 4.69) is 15.9 Å². The summed E-state index contributed by atoms with van der Waals surface area (Å²) in [6, 6.07) is 14.1.